The van der Waals surface area contributed by atoms with Crippen molar-refractivity contribution in [2.45, 2.75) is 32.0 Å². The maximum atomic E-state index is 12.6. The first-order chi connectivity index (χ1) is 8.38. The summed E-state index contributed by atoms with van der Waals surface area (Å²) in [7, 11) is 0. The van der Waals surface area contributed by atoms with Crippen molar-refractivity contribution in [2.24, 2.45) is 5.92 Å². The number of nitrogens with zero attached hydrogens (tertiary/aromatic N) is 1. The second kappa shape index (κ2) is 4.91. The summed E-state index contributed by atoms with van der Waals surface area (Å²) < 4.78 is 37.7. The van der Waals surface area contributed by atoms with Crippen molar-refractivity contribution in [2.75, 3.05) is 6.54 Å². The van der Waals surface area contributed by atoms with Gasteiger partial charge in [-0.15, -0.1) is 11.3 Å². The number of hydrogen-bond donors (Lipinski definition) is 0. The van der Waals surface area contributed by atoms with Crippen LogP contribution in [0.3, 0.4) is 0 Å². The lowest BCUT2D eigenvalue weighted by molar-refractivity contribution is -0.144. The molecule has 1 saturated carbocycles. The summed E-state index contributed by atoms with van der Waals surface area (Å²) >= 11 is 1.18. The Bertz CT molecular complexity index is 411. The summed E-state index contributed by atoms with van der Waals surface area (Å²) in [5.74, 6) is -0.294. The minimum Gasteiger partial charge on any atom is -0.326 e. The third-order valence-electron chi connectivity index (χ3n) is 3.14. The van der Waals surface area contributed by atoms with Crippen molar-refractivity contribution >= 4 is 17.2 Å². The zero-order valence-corrected chi connectivity index (χ0v) is 10.7. The molecule has 0 radical (unpaired) electrons. The van der Waals surface area contributed by atoms with Crippen molar-refractivity contribution in [3.8, 4) is 0 Å². The van der Waals surface area contributed by atoms with E-state index in [1.165, 1.54) is 11.3 Å². The van der Waals surface area contributed by atoms with Crippen LogP contribution in [-0.4, -0.2) is 29.6 Å². The summed E-state index contributed by atoms with van der Waals surface area (Å²) in [6, 6.07) is 2.89. The summed E-state index contributed by atoms with van der Waals surface area (Å²) in [6.45, 7) is 0.538. The molecule has 0 aliphatic heterocycles. The van der Waals surface area contributed by atoms with Crippen molar-refractivity contribution in [1.29, 1.82) is 0 Å². The number of alkyl halides is 3. The first-order valence-electron chi connectivity index (χ1n) is 5.80. The van der Waals surface area contributed by atoms with E-state index in [0.717, 1.165) is 17.7 Å². The molecule has 0 bridgehead atoms. The van der Waals surface area contributed by atoms with Crippen LogP contribution in [0.2, 0.25) is 0 Å². The predicted octanol–water partition coefficient (Wildman–Crippen LogP) is 3.55. The molecule has 1 fully saturated rings. The highest BCUT2D eigenvalue weighted by Gasteiger charge is 2.40. The van der Waals surface area contributed by atoms with Crippen molar-refractivity contribution < 1.29 is 18.0 Å². The normalized spacial score (nSPS) is 17.6. The zero-order valence-electron chi connectivity index (χ0n) is 9.91. The van der Waals surface area contributed by atoms with Gasteiger partial charge in [-0.3, -0.25) is 4.79 Å². The molecule has 2 nitrogen and oxygen atoms in total. The Labute approximate surface area is 107 Å². The van der Waals surface area contributed by atoms with Gasteiger partial charge in [0, 0.05) is 6.04 Å². The molecule has 0 N–H and O–H groups in total. The second-order valence-corrected chi connectivity index (χ2v) is 5.55. The van der Waals surface area contributed by atoms with Crippen LogP contribution in [0.1, 0.15) is 29.4 Å². The van der Waals surface area contributed by atoms with E-state index in [2.05, 4.69) is 0 Å². The molecule has 100 valence electrons. The lowest BCUT2D eigenvalue weighted by Gasteiger charge is -2.29. The van der Waals surface area contributed by atoms with Gasteiger partial charge < -0.3 is 4.90 Å². The Morgan fingerprint density at radius 1 is 1.56 bits per heavy atom. The molecule has 1 amide bonds. The Balaban J connectivity index is 2.15. The van der Waals surface area contributed by atoms with Crippen LogP contribution in [0.15, 0.2) is 17.5 Å². The highest BCUT2D eigenvalue weighted by Crippen LogP contribution is 2.36. The van der Waals surface area contributed by atoms with E-state index < -0.39 is 18.6 Å². The smallest absolute Gasteiger partial charge is 0.326 e. The molecule has 0 spiro atoms. The van der Waals surface area contributed by atoms with Crippen LogP contribution in [0.25, 0.3) is 0 Å². The van der Waals surface area contributed by atoms with Crippen molar-refractivity contribution in [3.05, 3.63) is 22.4 Å². The van der Waals surface area contributed by atoms with Gasteiger partial charge in [0.1, 0.15) is 6.54 Å². The molecule has 1 atom stereocenters. The average molecular weight is 277 g/mol. The standard InChI is InChI=1S/C12H14F3NOS/c1-8(9-4-5-9)16(7-12(13,14)15)11(17)10-3-2-6-18-10/h2-3,6,8-9H,4-5,7H2,1H3/t8-/m0/s1. The van der Waals surface area contributed by atoms with Gasteiger partial charge in [0.25, 0.3) is 5.91 Å². The molecular weight excluding hydrogens is 263 g/mol. The molecular formula is C12H14F3NOS. The van der Waals surface area contributed by atoms with Crippen LogP contribution >= 0.6 is 11.3 Å². The number of amides is 1. The maximum absolute atomic E-state index is 12.6. The predicted molar refractivity (Wildman–Crippen MR) is 63.6 cm³/mol. The topological polar surface area (TPSA) is 20.3 Å². The molecule has 0 unspecified atom stereocenters. The van der Waals surface area contributed by atoms with E-state index >= 15 is 0 Å². The minimum absolute atomic E-state index is 0.219. The average Bonchev–Trinajstić information content (AvgIpc) is 2.98. The number of rotatable bonds is 4. The van der Waals surface area contributed by atoms with Gasteiger partial charge in [-0.1, -0.05) is 6.07 Å². The number of hydrogen-bond acceptors (Lipinski definition) is 2. The van der Waals surface area contributed by atoms with E-state index in [1.807, 2.05) is 0 Å². The van der Waals surface area contributed by atoms with Crippen molar-refractivity contribution in [1.82, 2.24) is 4.90 Å². The van der Waals surface area contributed by atoms with Gasteiger partial charge in [-0.05, 0) is 37.1 Å². The number of carbonyl (C=O) groups is 1. The number of halogens is 3. The van der Waals surface area contributed by atoms with Gasteiger partial charge in [0.05, 0.1) is 4.88 Å². The fraction of sp³-hybridized carbons (Fsp3) is 0.583. The van der Waals surface area contributed by atoms with Gasteiger partial charge in [-0.25, -0.2) is 0 Å². The van der Waals surface area contributed by atoms with E-state index in [9.17, 15) is 18.0 Å². The van der Waals surface area contributed by atoms with Crippen LogP contribution < -0.4 is 0 Å². The quantitative estimate of drug-likeness (QED) is 0.824. The maximum Gasteiger partial charge on any atom is 0.406 e. The van der Waals surface area contributed by atoms with Crippen molar-refractivity contribution in [3.63, 3.8) is 0 Å². The van der Waals surface area contributed by atoms with Gasteiger partial charge in [0.2, 0.25) is 0 Å². The zero-order chi connectivity index (χ0) is 13.3. The van der Waals surface area contributed by atoms with Crippen LogP contribution in [0.5, 0.6) is 0 Å². The van der Waals surface area contributed by atoms with E-state index in [0.29, 0.717) is 4.88 Å². The number of thiophene rings is 1. The second-order valence-electron chi connectivity index (χ2n) is 4.60. The Morgan fingerprint density at radius 2 is 2.22 bits per heavy atom. The van der Waals surface area contributed by atoms with Crippen LogP contribution in [-0.2, 0) is 0 Å². The third-order valence-corrected chi connectivity index (χ3v) is 4.00. The summed E-state index contributed by atoms with van der Waals surface area (Å²) in [6.07, 6.45) is -2.53. The molecule has 0 saturated heterocycles. The highest BCUT2D eigenvalue weighted by atomic mass is 32.1. The van der Waals surface area contributed by atoms with Gasteiger partial charge >= 0.3 is 6.18 Å². The molecule has 1 aliphatic carbocycles. The summed E-state index contributed by atoms with van der Waals surface area (Å²) in [5, 5.41) is 1.70. The van der Waals surface area contributed by atoms with Crippen LogP contribution in [0.4, 0.5) is 13.2 Å². The summed E-state index contributed by atoms with van der Waals surface area (Å²) in [4.78, 5) is 13.4. The molecule has 6 heteroatoms. The monoisotopic (exact) mass is 277 g/mol. The molecule has 1 aliphatic rings. The largest absolute Gasteiger partial charge is 0.406 e. The summed E-state index contributed by atoms with van der Waals surface area (Å²) in [5.41, 5.74) is 0. The highest BCUT2D eigenvalue weighted by molar-refractivity contribution is 7.12. The lowest BCUT2D eigenvalue weighted by atomic mass is 10.1. The minimum atomic E-state index is -4.35. The van der Waals surface area contributed by atoms with Gasteiger partial charge in [-0.2, -0.15) is 13.2 Å². The SMILES string of the molecule is C[C@@H](C1CC1)N(CC(F)(F)F)C(=O)c1cccs1. The molecule has 0 aromatic carbocycles. The first-order valence-corrected chi connectivity index (χ1v) is 6.67. The van der Waals surface area contributed by atoms with E-state index in [4.69, 9.17) is 0 Å². The van der Waals surface area contributed by atoms with E-state index in [-0.39, 0.29) is 12.0 Å². The molecule has 2 rings (SSSR count). The molecule has 1 heterocycles. The fourth-order valence-electron chi connectivity index (χ4n) is 1.97. The van der Waals surface area contributed by atoms with E-state index in [1.54, 1.807) is 24.4 Å². The van der Waals surface area contributed by atoms with Crippen LogP contribution in [0, 0.1) is 5.92 Å². The third kappa shape index (κ3) is 3.25. The Kier molecular flexibility index (Phi) is 3.66. The first kappa shape index (κ1) is 13.4. The Morgan fingerprint density at radius 3 is 2.67 bits per heavy atom. The molecule has 1 aromatic rings. The molecule has 18 heavy (non-hydrogen) atoms. The fourth-order valence-corrected chi connectivity index (χ4v) is 2.65. The molecule has 1 aromatic heterocycles. The van der Waals surface area contributed by atoms with Gasteiger partial charge in [0.15, 0.2) is 0 Å². The lowest BCUT2D eigenvalue weighted by Crippen LogP contribution is -2.45. The Hall–Kier alpha value is -1.04. The number of carbonyl (C=O) groups excluding carboxylic acids is 1.